The Labute approximate surface area is 188 Å². The third-order valence-electron chi connectivity index (χ3n) is 5.86. The number of aromatic carboxylic acids is 1. The number of aromatic nitrogens is 2. The highest BCUT2D eigenvalue weighted by Gasteiger charge is 2.19. The molecule has 3 aromatic carbocycles. The second-order valence-electron chi connectivity index (χ2n) is 7.88. The molecular weight excluding hydrogens is 416 g/mol. The van der Waals surface area contributed by atoms with E-state index in [1.54, 1.807) is 6.07 Å². The van der Waals surface area contributed by atoms with Crippen LogP contribution in [0.2, 0.25) is 0 Å². The Balaban J connectivity index is 1.54. The van der Waals surface area contributed by atoms with Gasteiger partial charge in [-0.15, -0.1) is 0 Å². The van der Waals surface area contributed by atoms with E-state index in [4.69, 9.17) is 8.94 Å². The molecule has 6 rings (SSSR count). The number of nitrogens with zero attached hydrogens (tertiary/aromatic N) is 2. The minimum atomic E-state index is -1.02. The topological polar surface area (TPSA) is 81.4 Å². The number of hydrogen-bond donors (Lipinski definition) is 1. The number of furan rings is 1. The van der Waals surface area contributed by atoms with Gasteiger partial charge in [-0.1, -0.05) is 65.8 Å². The van der Waals surface area contributed by atoms with Crippen molar-refractivity contribution in [3.05, 3.63) is 103 Å². The van der Waals surface area contributed by atoms with Crippen LogP contribution in [0.3, 0.4) is 0 Å². The molecule has 3 heterocycles. The molecule has 0 atom stereocenters. The predicted molar refractivity (Wildman–Crippen MR) is 125 cm³/mol. The maximum Gasteiger partial charge on any atom is 0.338 e. The van der Waals surface area contributed by atoms with Crippen molar-refractivity contribution in [1.82, 2.24) is 9.72 Å². The highest BCUT2D eigenvalue weighted by molar-refractivity contribution is 6.08. The van der Waals surface area contributed by atoms with Crippen LogP contribution in [0.15, 0.2) is 100 Å². The number of fused-ring (bicyclic) bond motifs is 3. The summed E-state index contributed by atoms with van der Waals surface area (Å²) in [5.41, 5.74) is 3.68. The van der Waals surface area contributed by atoms with Crippen LogP contribution in [-0.2, 0) is 6.54 Å². The first kappa shape index (κ1) is 19.1. The van der Waals surface area contributed by atoms with Crippen molar-refractivity contribution in [2.75, 3.05) is 0 Å². The summed E-state index contributed by atoms with van der Waals surface area (Å²) in [5.74, 6) is 0.151. The smallest absolute Gasteiger partial charge is 0.338 e. The first-order valence-corrected chi connectivity index (χ1v) is 10.5. The minimum absolute atomic E-state index is 0.125. The van der Waals surface area contributed by atoms with Crippen molar-refractivity contribution in [2.45, 2.75) is 6.54 Å². The van der Waals surface area contributed by atoms with Crippen LogP contribution in [0.4, 0.5) is 0 Å². The molecule has 0 aliphatic carbocycles. The van der Waals surface area contributed by atoms with E-state index in [0.29, 0.717) is 18.1 Å². The first-order valence-electron chi connectivity index (χ1n) is 10.5. The Bertz CT molecular complexity index is 1620. The summed E-state index contributed by atoms with van der Waals surface area (Å²) >= 11 is 0. The Kier molecular flexibility index (Phi) is 4.36. The molecule has 0 fully saturated rings. The number of carboxylic acids is 1. The molecule has 0 spiro atoms. The average molecular weight is 434 g/mol. The van der Waals surface area contributed by atoms with Crippen LogP contribution < -0.4 is 0 Å². The summed E-state index contributed by atoms with van der Waals surface area (Å²) in [7, 11) is 0. The van der Waals surface area contributed by atoms with Gasteiger partial charge in [0.15, 0.2) is 5.76 Å². The fourth-order valence-electron chi connectivity index (χ4n) is 4.26. The van der Waals surface area contributed by atoms with Crippen molar-refractivity contribution in [3.8, 4) is 22.7 Å². The number of hydrogen-bond acceptors (Lipinski definition) is 4. The van der Waals surface area contributed by atoms with Crippen molar-refractivity contribution < 1.29 is 18.8 Å². The van der Waals surface area contributed by atoms with E-state index in [0.717, 1.165) is 38.6 Å². The lowest BCUT2D eigenvalue weighted by atomic mass is 10.1. The average Bonchev–Trinajstić information content (AvgIpc) is 3.59. The van der Waals surface area contributed by atoms with E-state index in [1.165, 1.54) is 6.26 Å². The molecule has 33 heavy (non-hydrogen) atoms. The molecule has 6 nitrogen and oxygen atoms in total. The highest BCUT2D eigenvalue weighted by Crippen LogP contribution is 2.35. The summed E-state index contributed by atoms with van der Waals surface area (Å²) in [6, 6.07) is 27.8. The summed E-state index contributed by atoms with van der Waals surface area (Å²) in [6.07, 6.45) is 1.26. The molecule has 6 heteroatoms. The summed E-state index contributed by atoms with van der Waals surface area (Å²) in [4.78, 5) is 11.3. The fourth-order valence-corrected chi connectivity index (χ4v) is 4.26. The van der Waals surface area contributed by atoms with E-state index < -0.39 is 5.97 Å². The highest BCUT2D eigenvalue weighted by atomic mass is 16.5. The van der Waals surface area contributed by atoms with Crippen molar-refractivity contribution in [1.29, 1.82) is 0 Å². The lowest BCUT2D eigenvalue weighted by Gasteiger charge is -2.08. The van der Waals surface area contributed by atoms with E-state index >= 15 is 0 Å². The molecule has 3 aromatic heterocycles. The first-order chi connectivity index (χ1) is 16.2. The van der Waals surface area contributed by atoms with E-state index in [1.807, 2.05) is 48.5 Å². The van der Waals surface area contributed by atoms with Crippen LogP contribution in [-0.4, -0.2) is 20.8 Å². The largest absolute Gasteiger partial charge is 0.478 e. The van der Waals surface area contributed by atoms with E-state index in [9.17, 15) is 9.90 Å². The molecule has 160 valence electrons. The molecule has 0 radical (unpaired) electrons. The number of carboxylic acid groups (broad SMARTS) is 1. The van der Waals surface area contributed by atoms with Gasteiger partial charge in [0.25, 0.3) is 0 Å². The molecule has 0 saturated carbocycles. The Morgan fingerprint density at radius 3 is 2.55 bits per heavy atom. The van der Waals surface area contributed by atoms with Gasteiger partial charge in [-0.25, -0.2) is 4.79 Å². The summed E-state index contributed by atoms with van der Waals surface area (Å²) in [6.45, 7) is 0.353. The van der Waals surface area contributed by atoms with Gasteiger partial charge in [0.1, 0.15) is 17.7 Å². The fraction of sp³-hybridized carbons (Fsp3) is 0.0370. The predicted octanol–water partition coefficient (Wildman–Crippen LogP) is 6.46. The lowest BCUT2D eigenvalue weighted by Crippen LogP contribution is -2.00. The lowest BCUT2D eigenvalue weighted by molar-refractivity contribution is 0.0696. The number of rotatable bonds is 5. The number of benzene rings is 3. The van der Waals surface area contributed by atoms with Crippen molar-refractivity contribution in [2.24, 2.45) is 0 Å². The van der Waals surface area contributed by atoms with Gasteiger partial charge in [0, 0.05) is 22.5 Å². The van der Waals surface area contributed by atoms with Gasteiger partial charge in [0.05, 0.1) is 17.8 Å². The minimum Gasteiger partial charge on any atom is -0.478 e. The van der Waals surface area contributed by atoms with Crippen LogP contribution in [0.5, 0.6) is 0 Å². The molecule has 0 saturated heterocycles. The Morgan fingerprint density at radius 1 is 0.909 bits per heavy atom. The van der Waals surface area contributed by atoms with Crippen LogP contribution in [0.25, 0.3) is 44.4 Å². The van der Waals surface area contributed by atoms with Gasteiger partial charge in [-0.3, -0.25) is 0 Å². The maximum absolute atomic E-state index is 11.3. The quantitative estimate of drug-likeness (QED) is 0.337. The molecule has 6 aromatic rings. The Morgan fingerprint density at radius 2 is 1.73 bits per heavy atom. The monoisotopic (exact) mass is 434 g/mol. The third-order valence-corrected chi connectivity index (χ3v) is 5.86. The Hall–Kier alpha value is -4.58. The molecular formula is C27H18N2O4. The second kappa shape index (κ2) is 7.53. The zero-order valence-corrected chi connectivity index (χ0v) is 17.4. The number of carbonyl (C=O) groups is 1. The molecule has 0 aliphatic rings. The van der Waals surface area contributed by atoms with Gasteiger partial charge >= 0.3 is 5.97 Å². The van der Waals surface area contributed by atoms with Gasteiger partial charge < -0.3 is 18.6 Å². The van der Waals surface area contributed by atoms with Crippen LogP contribution >= 0.6 is 0 Å². The molecule has 0 bridgehead atoms. The molecule has 0 unspecified atom stereocenters. The zero-order chi connectivity index (χ0) is 22.4. The second-order valence-corrected chi connectivity index (χ2v) is 7.88. The van der Waals surface area contributed by atoms with E-state index in [2.05, 4.69) is 40.1 Å². The van der Waals surface area contributed by atoms with Gasteiger partial charge in [-0.2, -0.15) is 0 Å². The normalized spacial score (nSPS) is 11.4. The summed E-state index contributed by atoms with van der Waals surface area (Å²) in [5, 5.41) is 16.9. The molecule has 0 aliphatic heterocycles. The van der Waals surface area contributed by atoms with E-state index in [-0.39, 0.29) is 5.56 Å². The van der Waals surface area contributed by atoms with Crippen molar-refractivity contribution in [3.63, 3.8) is 0 Å². The van der Waals surface area contributed by atoms with Crippen LogP contribution in [0.1, 0.15) is 16.1 Å². The third kappa shape index (κ3) is 3.29. The van der Waals surface area contributed by atoms with Crippen LogP contribution in [0, 0.1) is 0 Å². The standard InChI is InChI=1S/C27H18N2O4/c30-27(31)19-12-20(32-16-19)15-29-24-11-10-17-6-4-5-9-21(17)22(24)13-25(29)26-14-23(28-33-26)18-7-2-1-3-8-18/h1-14,16H,15H2,(H,30,31). The van der Waals surface area contributed by atoms with Crippen molar-refractivity contribution >= 4 is 27.6 Å². The van der Waals surface area contributed by atoms with Gasteiger partial charge in [0.2, 0.25) is 0 Å². The SMILES string of the molecule is O=C(O)c1coc(Cn2c(-c3cc(-c4ccccc4)no3)cc3c4ccccc4ccc32)c1. The zero-order valence-electron chi connectivity index (χ0n) is 17.4. The maximum atomic E-state index is 11.3. The summed E-state index contributed by atoms with van der Waals surface area (Å²) < 4.78 is 13.4. The molecule has 0 amide bonds. The van der Waals surface area contributed by atoms with Gasteiger partial charge in [-0.05, 0) is 29.0 Å². The molecule has 1 N–H and O–H groups in total.